The third kappa shape index (κ3) is 5.07. The number of carbonyl (C=O) groups excluding carboxylic acids is 1. The molecular formula is C32H37FN6O. The number of carbonyl (C=O) groups is 1. The number of rotatable bonds is 7. The second-order valence-corrected chi connectivity index (χ2v) is 11.3. The van der Waals surface area contributed by atoms with E-state index >= 15 is 0 Å². The van der Waals surface area contributed by atoms with E-state index in [-0.39, 0.29) is 23.6 Å². The van der Waals surface area contributed by atoms with Gasteiger partial charge < -0.3 is 9.80 Å². The van der Waals surface area contributed by atoms with Gasteiger partial charge in [-0.05, 0) is 61.9 Å². The van der Waals surface area contributed by atoms with Crippen LogP contribution in [0.1, 0.15) is 68.4 Å². The van der Waals surface area contributed by atoms with Crippen LogP contribution in [0.3, 0.4) is 0 Å². The first-order chi connectivity index (χ1) is 19.4. The zero-order chi connectivity index (χ0) is 27.8. The Morgan fingerprint density at radius 1 is 1.02 bits per heavy atom. The fourth-order valence-corrected chi connectivity index (χ4v) is 6.07. The Morgan fingerprint density at radius 2 is 1.80 bits per heavy atom. The summed E-state index contributed by atoms with van der Waals surface area (Å²) in [6.45, 7) is 9.28. The predicted molar refractivity (Wildman–Crippen MR) is 155 cm³/mol. The Bertz CT molecular complexity index is 1500. The van der Waals surface area contributed by atoms with Gasteiger partial charge in [-0.2, -0.15) is 5.10 Å². The fraction of sp³-hybridized carbons (Fsp3) is 0.438. The number of benzene rings is 2. The monoisotopic (exact) mass is 540 g/mol. The molecule has 0 bridgehead atoms. The lowest BCUT2D eigenvalue weighted by Gasteiger charge is -2.24. The van der Waals surface area contributed by atoms with Crippen LogP contribution in [0.2, 0.25) is 0 Å². The molecule has 4 aromatic rings. The Kier molecular flexibility index (Phi) is 7.26. The van der Waals surface area contributed by atoms with Crippen LogP contribution in [0.15, 0.2) is 54.6 Å². The molecule has 8 heteroatoms. The highest BCUT2D eigenvalue weighted by molar-refractivity contribution is 5.91. The number of hydrogen-bond acceptors (Lipinski definition) is 5. The molecule has 1 saturated carbocycles. The molecule has 1 saturated heterocycles. The maximum atomic E-state index is 13.7. The minimum Gasteiger partial charge on any atom is -0.354 e. The summed E-state index contributed by atoms with van der Waals surface area (Å²) < 4.78 is 15.5. The molecule has 0 N–H and O–H groups in total. The normalized spacial score (nSPS) is 20.0. The highest BCUT2D eigenvalue weighted by Gasteiger charge is 2.45. The first kappa shape index (κ1) is 26.4. The maximum Gasteiger partial charge on any atom is 0.226 e. The molecule has 0 radical (unpaired) electrons. The van der Waals surface area contributed by atoms with Gasteiger partial charge in [0.15, 0.2) is 5.65 Å². The van der Waals surface area contributed by atoms with E-state index in [1.807, 2.05) is 17.7 Å². The van der Waals surface area contributed by atoms with Crippen LogP contribution in [0.4, 0.5) is 10.2 Å². The Labute approximate surface area is 235 Å². The lowest BCUT2D eigenvalue weighted by Crippen LogP contribution is -2.36. The molecule has 0 unspecified atom stereocenters. The average molecular weight is 541 g/mol. The quantitative estimate of drug-likeness (QED) is 0.287. The van der Waals surface area contributed by atoms with Crippen LogP contribution in [0.5, 0.6) is 0 Å². The standard InChI is InChI=1S/C32H37FN6O/c1-4-9-21(2)29-34-30(28-22(3)36-39(31(28)35-29)25-14-12-24(33)13-15-25)37-16-8-17-38(19-18-37)32(40)27-20-26(27)23-10-6-5-7-11-23/h5-7,10-15,21,26-27H,4,8-9,16-20H2,1-3H3/t21-,26-,27-/m0/s1. The minimum absolute atomic E-state index is 0.0948. The van der Waals surface area contributed by atoms with E-state index in [4.69, 9.17) is 15.1 Å². The van der Waals surface area contributed by atoms with Crippen LogP contribution in [0.25, 0.3) is 16.7 Å². The van der Waals surface area contributed by atoms with Crippen LogP contribution in [-0.2, 0) is 4.79 Å². The molecule has 1 aliphatic carbocycles. The molecule has 2 aromatic carbocycles. The average Bonchev–Trinajstić information content (AvgIpc) is 3.75. The van der Waals surface area contributed by atoms with Gasteiger partial charge in [-0.3, -0.25) is 4.79 Å². The topological polar surface area (TPSA) is 67.2 Å². The maximum absolute atomic E-state index is 13.7. The van der Waals surface area contributed by atoms with Crippen molar-refractivity contribution in [2.24, 2.45) is 5.92 Å². The molecule has 7 nitrogen and oxygen atoms in total. The summed E-state index contributed by atoms with van der Waals surface area (Å²) in [5.41, 5.74) is 3.61. The van der Waals surface area contributed by atoms with Crippen LogP contribution >= 0.6 is 0 Å². The van der Waals surface area contributed by atoms with Gasteiger partial charge in [-0.15, -0.1) is 0 Å². The number of hydrogen-bond donors (Lipinski definition) is 0. The molecule has 6 rings (SSSR count). The highest BCUT2D eigenvalue weighted by Crippen LogP contribution is 2.48. The smallest absolute Gasteiger partial charge is 0.226 e. The van der Waals surface area contributed by atoms with E-state index in [0.29, 0.717) is 19.0 Å². The molecule has 1 amide bonds. The lowest BCUT2D eigenvalue weighted by atomic mass is 10.1. The minimum atomic E-state index is -0.283. The summed E-state index contributed by atoms with van der Waals surface area (Å²) >= 11 is 0. The molecule has 3 heterocycles. The number of aryl methyl sites for hydroxylation is 1. The van der Waals surface area contributed by atoms with Crippen LogP contribution < -0.4 is 4.90 Å². The third-order valence-corrected chi connectivity index (χ3v) is 8.38. The summed E-state index contributed by atoms with van der Waals surface area (Å²) in [6.07, 6.45) is 3.85. The van der Waals surface area contributed by atoms with Crippen LogP contribution in [-0.4, -0.2) is 56.7 Å². The zero-order valence-electron chi connectivity index (χ0n) is 23.6. The van der Waals surface area contributed by atoms with Crippen molar-refractivity contribution in [3.8, 4) is 5.69 Å². The van der Waals surface area contributed by atoms with Gasteiger partial charge in [0.05, 0.1) is 16.8 Å². The van der Waals surface area contributed by atoms with E-state index in [1.165, 1.54) is 17.7 Å². The number of nitrogens with zero attached hydrogens (tertiary/aromatic N) is 6. The van der Waals surface area contributed by atoms with Gasteiger partial charge >= 0.3 is 0 Å². The molecule has 40 heavy (non-hydrogen) atoms. The van der Waals surface area contributed by atoms with Crippen LogP contribution in [0, 0.1) is 18.7 Å². The summed E-state index contributed by atoms with van der Waals surface area (Å²) in [6, 6.07) is 16.8. The van der Waals surface area contributed by atoms with Gasteiger partial charge in [-0.25, -0.2) is 19.0 Å². The van der Waals surface area contributed by atoms with E-state index in [1.54, 1.807) is 12.1 Å². The van der Waals surface area contributed by atoms with Crippen molar-refractivity contribution in [2.45, 2.75) is 58.3 Å². The summed E-state index contributed by atoms with van der Waals surface area (Å²) in [5.74, 6) is 2.31. The summed E-state index contributed by atoms with van der Waals surface area (Å²) in [4.78, 5) is 28.0. The predicted octanol–water partition coefficient (Wildman–Crippen LogP) is 6.01. The van der Waals surface area contributed by atoms with Crippen molar-refractivity contribution in [1.82, 2.24) is 24.6 Å². The first-order valence-electron chi connectivity index (χ1n) is 14.6. The SMILES string of the molecule is CCC[C@H](C)c1nc(N2CCCN(C(=O)[C@H]3C[C@H]3c3ccccc3)CC2)c2c(C)nn(-c3ccc(F)cc3)c2n1. The number of fused-ring (bicyclic) bond motifs is 1. The van der Waals surface area contributed by atoms with Crippen molar-refractivity contribution in [2.75, 3.05) is 31.1 Å². The van der Waals surface area contributed by atoms with Gasteiger partial charge in [0, 0.05) is 38.0 Å². The van der Waals surface area contributed by atoms with Crippen molar-refractivity contribution < 1.29 is 9.18 Å². The lowest BCUT2D eigenvalue weighted by molar-refractivity contribution is -0.132. The molecule has 0 spiro atoms. The van der Waals surface area contributed by atoms with E-state index in [9.17, 15) is 9.18 Å². The largest absolute Gasteiger partial charge is 0.354 e. The van der Waals surface area contributed by atoms with Gasteiger partial charge in [-0.1, -0.05) is 50.6 Å². The van der Waals surface area contributed by atoms with Gasteiger partial charge in [0.1, 0.15) is 17.5 Å². The van der Waals surface area contributed by atoms with Crippen molar-refractivity contribution >= 4 is 22.8 Å². The Morgan fingerprint density at radius 3 is 2.55 bits per heavy atom. The zero-order valence-corrected chi connectivity index (χ0v) is 23.6. The second-order valence-electron chi connectivity index (χ2n) is 11.3. The summed E-state index contributed by atoms with van der Waals surface area (Å²) in [5, 5.41) is 5.75. The fourth-order valence-electron chi connectivity index (χ4n) is 6.07. The molecule has 208 valence electrons. The first-order valence-corrected chi connectivity index (χ1v) is 14.6. The summed E-state index contributed by atoms with van der Waals surface area (Å²) in [7, 11) is 0. The second kappa shape index (κ2) is 11.0. The van der Waals surface area contributed by atoms with Crippen molar-refractivity contribution in [1.29, 1.82) is 0 Å². The number of anilines is 1. The third-order valence-electron chi connectivity index (χ3n) is 8.38. The van der Waals surface area contributed by atoms with E-state index < -0.39 is 0 Å². The molecular weight excluding hydrogens is 503 g/mol. The van der Waals surface area contributed by atoms with Crippen molar-refractivity contribution in [3.63, 3.8) is 0 Å². The Hall–Kier alpha value is -3.81. The van der Waals surface area contributed by atoms with Gasteiger partial charge in [0.25, 0.3) is 0 Å². The van der Waals surface area contributed by atoms with E-state index in [0.717, 1.165) is 72.8 Å². The molecule has 2 aromatic heterocycles. The Balaban J connectivity index is 1.29. The van der Waals surface area contributed by atoms with Crippen molar-refractivity contribution in [3.05, 3.63) is 77.5 Å². The highest BCUT2D eigenvalue weighted by atomic mass is 19.1. The van der Waals surface area contributed by atoms with Gasteiger partial charge in [0.2, 0.25) is 5.91 Å². The van der Waals surface area contributed by atoms with E-state index in [2.05, 4.69) is 47.9 Å². The molecule has 2 fully saturated rings. The molecule has 1 aliphatic heterocycles. The molecule has 3 atom stereocenters. The number of aromatic nitrogens is 4. The molecule has 2 aliphatic rings. The number of halogens is 1. The number of amides is 1.